The summed E-state index contributed by atoms with van der Waals surface area (Å²) in [6.45, 7) is 2.29. The fourth-order valence-electron chi connectivity index (χ4n) is 4.29. The summed E-state index contributed by atoms with van der Waals surface area (Å²) >= 11 is 0. The normalized spacial score (nSPS) is 11.5. The summed E-state index contributed by atoms with van der Waals surface area (Å²) in [5.74, 6) is -0.655. The number of unbranched alkanes of at least 4 members (excludes halogenated alkanes) is 22. The predicted molar refractivity (Wildman–Crippen MR) is 138 cm³/mol. The average molecular weight is 437 g/mol. The number of hydrogen-bond donors (Lipinski definition) is 1. The monoisotopic (exact) mass is 436 g/mol. The standard InChI is InChI=1S/C29H56O2/c1-2-3-4-5-6-7-8-9-10-11-12-13-14-15-16-17-18-19-20-21-22-23-24-25-26-27-28-29(30)31/h17-18H,2-16,19-28H2,1H3,(H,30,31). The van der Waals surface area contributed by atoms with E-state index in [1.165, 1.54) is 141 Å². The molecule has 0 unspecified atom stereocenters. The summed E-state index contributed by atoms with van der Waals surface area (Å²) in [5.41, 5.74) is 0. The number of rotatable bonds is 26. The van der Waals surface area contributed by atoms with E-state index in [-0.39, 0.29) is 0 Å². The van der Waals surface area contributed by atoms with Gasteiger partial charge in [-0.05, 0) is 32.1 Å². The van der Waals surface area contributed by atoms with Gasteiger partial charge in [-0.3, -0.25) is 4.79 Å². The van der Waals surface area contributed by atoms with Gasteiger partial charge in [0.2, 0.25) is 0 Å². The van der Waals surface area contributed by atoms with Crippen LogP contribution in [-0.2, 0) is 4.79 Å². The summed E-state index contributed by atoms with van der Waals surface area (Å²) in [6, 6.07) is 0. The van der Waals surface area contributed by atoms with Crippen LogP contribution in [0.15, 0.2) is 12.2 Å². The van der Waals surface area contributed by atoms with Crippen LogP contribution in [0, 0.1) is 0 Å². The molecule has 0 rings (SSSR count). The van der Waals surface area contributed by atoms with Crippen LogP contribution in [0.3, 0.4) is 0 Å². The Hall–Kier alpha value is -0.790. The summed E-state index contributed by atoms with van der Waals surface area (Å²) in [7, 11) is 0. The van der Waals surface area contributed by atoms with Crippen molar-refractivity contribution >= 4 is 5.97 Å². The number of carboxylic acids is 1. The third kappa shape index (κ3) is 29.2. The van der Waals surface area contributed by atoms with Gasteiger partial charge in [0.15, 0.2) is 0 Å². The maximum Gasteiger partial charge on any atom is 0.303 e. The molecule has 0 aromatic rings. The Morgan fingerprint density at radius 1 is 0.484 bits per heavy atom. The number of carbonyl (C=O) groups is 1. The SMILES string of the molecule is CCCCCCCCCCCCCCCCC=CCCCCCCCCCCC(=O)O. The Kier molecular flexibility index (Phi) is 26.5. The second-order valence-corrected chi connectivity index (χ2v) is 9.62. The quantitative estimate of drug-likeness (QED) is 0.108. The number of aliphatic carboxylic acids is 1. The molecular weight excluding hydrogens is 380 g/mol. The summed E-state index contributed by atoms with van der Waals surface area (Å²) in [6.07, 6.45) is 37.5. The van der Waals surface area contributed by atoms with E-state index in [0.717, 1.165) is 12.8 Å². The molecule has 0 bridgehead atoms. The highest BCUT2D eigenvalue weighted by Crippen LogP contribution is 2.14. The molecule has 0 fully saturated rings. The molecule has 0 amide bonds. The lowest BCUT2D eigenvalue weighted by atomic mass is 10.0. The first-order chi connectivity index (χ1) is 15.3. The molecule has 1 N–H and O–H groups in total. The molecule has 0 radical (unpaired) electrons. The third-order valence-corrected chi connectivity index (χ3v) is 6.40. The number of allylic oxidation sites excluding steroid dienone is 2. The van der Waals surface area contributed by atoms with Crippen molar-refractivity contribution in [3.63, 3.8) is 0 Å². The second kappa shape index (κ2) is 27.2. The van der Waals surface area contributed by atoms with Gasteiger partial charge in [-0.15, -0.1) is 0 Å². The van der Waals surface area contributed by atoms with E-state index in [0.29, 0.717) is 6.42 Å². The first-order valence-corrected chi connectivity index (χ1v) is 14.1. The molecule has 184 valence electrons. The zero-order valence-corrected chi connectivity index (χ0v) is 21.2. The minimum Gasteiger partial charge on any atom is -0.481 e. The molecule has 0 atom stereocenters. The number of carboxylic acid groups (broad SMARTS) is 1. The van der Waals surface area contributed by atoms with Gasteiger partial charge in [0.1, 0.15) is 0 Å². The first-order valence-electron chi connectivity index (χ1n) is 14.1. The van der Waals surface area contributed by atoms with Gasteiger partial charge in [0, 0.05) is 6.42 Å². The van der Waals surface area contributed by atoms with Crippen molar-refractivity contribution in [2.24, 2.45) is 0 Å². The van der Waals surface area contributed by atoms with Gasteiger partial charge >= 0.3 is 5.97 Å². The van der Waals surface area contributed by atoms with Crippen LogP contribution in [-0.4, -0.2) is 11.1 Å². The Labute approximate surface area is 195 Å². The Morgan fingerprint density at radius 2 is 0.774 bits per heavy atom. The summed E-state index contributed by atoms with van der Waals surface area (Å²) < 4.78 is 0. The molecule has 2 heteroatoms. The van der Waals surface area contributed by atoms with Crippen LogP contribution in [0.25, 0.3) is 0 Å². The van der Waals surface area contributed by atoms with E-state index in [9.17, 15) is 4.79 Å². The van der Waals surface area contributed by atoms with Crippen molar-refractivity contribution in [3.05, 3.63) is 12.2 Å². The highest BCUT2D eigenvalue weighted by molar-refractivity contribution is 5.66. The van der Waals surface area contributed by atoms with Gasteiger partial charge in [0.05, 0.1) is 0 Å². The van der Waals surface area contributed by atoms with Crippen LogP contribution in [0.4, 0.5) is 0 Å². The highest BCUT2D eigenvalue weighted by atomic mass is 16.4. The molecule has 31 heavy (non-hydrogen) atoms. The van der Waals surface area contributed by atoms with Crippen LogP contribution >= 0.6 is 0 Å². The maximum absolute atomic E-state index is 10.4. The van der Waals surface area contributed by atoms with Crippen molar-refractivity contribution in [1.29, 1.82) is 0 Å². The molecule has 0 saturated carbocycles. The first kappa shape index (κ1) is 30.2. The third-order valence-electron chi connectivity index (χ3n) is 6.40. The van der Waals surface area contributed by atoms with E-state index in [1.54, 1.807) is 0 Å². The molecule has 0 heterocycles. The van der Waals surface area contributed by atoms with Crippen LogP contribution < -0.4 is 0 Å². The van der Waals surface area contributed by atoms with E-state index in [1.807, 2.05) is 0 Å². The molecule has 0 aromatic carbocycles. The van der Waals surface area contributed by atoms with Gasteiger partial charge < -0.3 is 5.11 Å². The van der Waals surface area contributed by atoms with Crippen molar-refractivity contribution < 1.29 is 9.90 Å². The second-order valence-electron chi connectivity index (χ2n) is 9.62. The molecule has 0 aliphatic heterocycles. The summed E-state index contributed by atoms with van der Waals surface area (Å²) in [4.78, 5) is 10.4. The molecule has 0 aromatic heterocycles. The molecular formula is C29H56O2. The van der Waals surface area contributed by atoms with E-state index < -0.39 is 5.97 Å². The molecule has 0 aliphatic rings. The van der Waals surface area contributed by atoms with Crippen LogP contribution in [0.1, 0.15) is 167 Å². The zero-order valence-electron chi connectivity index (χ0n) is 21.2. The number of hydrogen-bond acceptors (Lipinski definition) is 1. The van der Waals surface area contributed by atoms with Gasteiger partial charge in [0.25, 0.3) is 0 Å². The molecule has 0 spiro atoms. The lowest BCUT2D eigenvalue weighted by Crippen LogP contribution is -1.93. The van der Waals surface area contributed by atoms with Crippen molar-refractivity contribution in [2.45, 2.75) is 167 Å². The van der Waals surface area contributed by atoms with Crippen molar-refractivity contribution in [3.8, 4) is 0 Å². The Morgan fingerprint density at radius 3 is 1.10 bits per heavy atom. The van der Waals surface area contributed by atoms with Crippen LogP contribution in [0.2, 0.25) is 0 Å². The minimum absolute atomic E-state index is 0.339. The van der Waals surface area contributed by atoms with Crippen molar-refractivity contribution in [1.82, 2.24) is 0 Å². The lowest BCUT2D eigenvalue weighted by Gasteiger charge is -2.03. The van der Waals surface area contributed by atoms with Crippen molar-refractivity contribution in [2.75, 3.05) is 0 Å². The maximum atomic E-state index is 10.4. The fraction of sp³-hybridized carbons (Fsp3) is 0.897. The minimum atomic E-state index is -0.655. The largest absolute Gasteiger partial charge is 0.481 e. The lowest BCUT2D eigenvalue weighted by molar-refractivity contribution is -0.137. The Balaban J connectivity index is 3.08. The van der Waals surface area contributed by atoms with Gasteiger partial charge in [-0.25, -0.2) is 0 Å². The van der Waals surface area contributed by atoms with E-state index in [4.69, 9.17) is 5.11 Å². The Bertz CT molecular complexity index is 375. The highest BCUT2D eigenvalue weighted by Gasteiger charge is 1.97. The van der Waals surface area contributed by atoms with E-state index >= 15 is 0 Å². The molecule has 2 nitrogen and oxygen atoms in total. The molecule has 0 saturated heterocycles. The predicted octanol–water partition coefficient (Wildman–Crippen LogP) is 10.4. The smallest absolute Gasteiger partial charge is 0.303 e. The van der Waals surface area contributed by atoms with Gasteiger partial charge in [-0.1, -0.05) is 141 Å². The average Bonchev–Trinajstić information content (AvgIpc) is 2.76. The summed E-state index contributed by atoms with van der Waals surface area (Å²) in [5, 5.41) is 8.60. The van der Waals surface area contributed by atoms with Gasteiger partial charge in [-0.2, -0.15) is 0 Å². The zero-order chi connectivity index (χ0) is 22.7. The topological polar surface area (TPSA) is 37.3 Å². The van der Waals surface area contributed by atoms with E-state index in [2.05, 4.69) is 19.1 Å². The molecule has 0 aliphatic carbocycles. The van der Waals surface area contributed by atoms with Crippen LogP contribution in [0.5, 0.6) is 0 Å². The fourth-order valence-corrected chi connectivity index (χ4v) is 4.29.